The number of hydrogen-bond acceptors (Lipinski definition) is 2. The second-order valence-corrected chi connectivity index (χ2v) is 4.19. The maximum Gasteiger partial charge on any atom is 0.150 e. The van der Waals surface area contributed by atoms with Crippen LogP contribution in [0.5, 0.6) is 5.75 Å². The lowest BCUT2D eigenvalue weighted by molar-refractivity contribution is 0.112. The fourth-order valence-electron chi connectivity index (χ4n) is 1.55. The molecule has 0 saturated heterocycles. The van der Waals surface area contributed by atoms with E-state index in [4.69, 9.17) is 16.3 Å². The topological polar surface area (TPSA) is 26.3 Å². The van der Waals surface area contributed by atoms with Crippen LogP contribution in [0.25, 0.3) is 0 Å². The molecule has 2 rings (SSSR count). The lowest BCUT2D eigenvalue weighted by Gasteiger charge is -2.07. The molecule has 0 atom stereocenters. The largest absolute Gasteiger partial charge is 0.489 e. The predicted octanol–water partition coefficient (Wildman–Crippen LogP) is 3.87. The minimum absolute atomic E-state index is 0.227. The molecule has 0 radical (unpaired) electrons. The van der Waals surface area contributed by atoms with Gasteiger partial charge in [0.25, 0.3) is 0 Å². The summed E-state index contributed by atoms with van der Waals surface area (Å²) in [6.45, 7) is 0.227. The average molecular weight is 265 g/mol. The van der Waals surface area contributed by atoms with Crippen LogP contribution in [0, 0.1) is 5.82 Å². The highest BCUT2D eigenvalue weighted by molar-refractivity contribution is 6.30. The maximum absolute atomic E-state index is 12.9. The summed E-state index contributed by atoms with van der Waals surface area (Å²) >= 11 is 5.86. The zero-order valence-electron chi connectivity index (χ0n) is 9.40. The van der Waals surface area contributed by atoms with Gasteiger partial charge in [0.2, 0.25) is 0 Å². The summed E-state index contributed by atoms with van der Waals surface area (Å²) < 4.78 is 18.3. The van der Waals surface area contributed by atoms with Crippen LogP contribution in [-0.2, 0) is 6.61 Å². The van der Waals surface area contributed by atoms with Crippen LogP contribution in [0.15, 0.2) is 42.5 Å². The third kappa shape index (κ3) is 3.31. The second-order valence-electron chi connectivity index (χ2n) is 3.76. The first kappa shape index (κ1) is 12.6. The monoisotopic (exact) mass is 264 g/mol. The Hall–Kier alpha value is -1.87. The van der Waals surface area contributed by atoms with Gasteiger partial charge in [-0.15, -0.1) is 0 Å². The molecule has 0 spiro atoms. The van der Waals surface area contributed by atoms with E-state index in [1.807, 2.05) is 0 Å². The summed E-state index contributed by atoms with van der Waals surface area (Å²) in [4.78, 5) is 10.7. The fraction of sp³-hybridized carbons (Fsp3) is 0.0714. The summed E-state index contributed by atoms with van der Waals surface area (Å²) in [5.41, 5.74) is 1.24. The standard InChI is InChI=1S/C14H10ClFO2/c15-12-5-10(8-17)4-11(6-12)9-18-14-3-1-2-13(16)7-14/h1-8H,9H2. The molecule has 0 aliphatic rings. The molecule has 0 aliphatic heterocycles. The Balaban J connectivity index is 2.10. The molecule has 2 nitrogen and oxygen atoms in total. The molecule has 0 heterocycles. The lowest BCUT2D eigenvalue weighted by Crippen LogP contribution is -1.97. The third-order valence-corrected chi connectivity index (χ3v) is 2.54. The van der Waals surface area contributed by atoms with Crippen molar-refractivity contribution < 1.29 is 13.9 Å². The second kappa shape index (κ2) is 5.65. The average Bonchev–Trinajstić information content (AvgIpc) is 2.36. The van der Waals surface area contributed by atoms with E-state index in [9.17, 15) is 9.18 Å². The van der Waals surface area contributed by atoms with Gasteiger partial charge in [0.15, 0.2) is 0 Å². The van der Waals surface area contributed by atoms with Gasteiger partial charge in [-0.2, -0.15) is 0 Å². The van der Waals surface area contributed by atoms with E-state index < -0.39 is 0 Å². The van der Waals surface area contributed by atoms with Crippen molar-refractivity contribution in [3.05, 3.63) is 64.4 Å². The van der Waals surface area contributed by atoms with Crippen LogP contribution in [-0.4, -0.2) is 6.29 Å². The number of carbonyl (C=O) groups excluding carboxylic acids is 1. The third-order valence-electron chi connectivity index (χ3n) is 2.32. The van der Waals surface area contributed by atoms with Gasteiger partial charge in [-0.05, 0) is 35.9 Å². The summed E-state index contributed by atoms with van der Waals surface area (Å²) in [5, 5.41) is 0.470. The molecule has 0 saturated carbocycles. The quantitative estimate of drug-likeness (QED) is 0.784. The maximum atomic E-state index is 12.9. The van der Waals surface area contributed by atoms with Crippen molar-refractivity contribution in [1.29, 1.82) is 0 Å². The Bertz CT molecular complexity index is 569. The number of rotatable bonds is 4. The molecule has 0 fully saturated rings. The van der Waals surface area contributed by atoms with Gasteiger partial charge in [-0.25, -0.2) is 4.39 Å². The highest BCUT2D eigenvalue weighted by atomic mass is 35.5. The van der Waals surface area contributed by atoms with Crippen molar-refractivity contribution in [2.45, 2.75) is 6.61 Å². The normalized spacial score (nSPS) is 10.1. The van der Waals surface area contributed by atoms with Crippen LogP contribution >= 0.6 is 11.6 Å². The van der Waals surface area contributed by atoms with Gasteiger partial charge in [0.05, 0.1) is 0 Å². The van der Waals surface area contributed by atoms with E-state index in [2.05, 4.69) is 0 Å². The smallest absolute Gasteiger partial charge is 0.150 e. The first-order valence-electron chi connectivity index (χ1n) is 5.30. The van der Waals surface area contributed by atoms with Crippen molar-refractivity contribution in [2.75, 3.05) is 0 Å². The lowest BCUT2D eigenvalue weighted by atomic mass is 10.1. The molecule has 0 unspecified atom stereocenters. The number of hydrogen-bond donors (Lipinski definition) is 0. The number of benzene rings is 2. The van der Waals surface area contributed by atoms with Gasteiger partial charge in [0.1, 0.15) is 24.5 Å². The van der Waals surface area contributed by atoms with Crippen LogP contribution < -0.4 is 4.74 Å². The van der Waals surface area contributed by atoms with E-state index in [-0.39, 0.29) is 12.4 Å². The molecule has 0 N–H and O–H groups in total. The fourth-order valence-corrected chi connectivity index (χ4v) is 1.82. The van der Waals surface area contributed by atoms with E-state index in [0.717, 1.165) is 11.8 Å². The number of ether oxygens (including phenoxy) is 1. The van der Waals surface area contributed by atoms with Gasteiger partial charge in [-0.3, -0.25) is 4.79 Å². The van der Waals surface area contributed by atoms with Crippen molar-refractivity contribution in [1.82, 2.24) is 0 Å². The van der Waals surface area contributed by atoms with E-state index in [1.165, 1.54) is 12.1 Å². The van der Waals surface area contributed by atoms with Crippen molar-refractivity contribution in [2.24, 2.45) is 0 Å². The first-order valence-corrected chi connectivity index (χ1v) is 5.68. The molecule has 0 bridgehead atoms. The first-order chi connectivity index (χ1) is 8.67. The van der Waals surface area contributed by atoms with Crippen molar-refractivity contribution in [3.8, 4) is 5.75 Å². The minimum atomic E-state index is -0.354. The summed E-state index contributed by atoms with van der Waals surface area (Å²) in [6, 6.07) is 10.8. The van der Waals surface area contributed by atoms with E-state index in [0.29, 0.717) is 16.3 Å². The zero-order valence-corrected chi connectivity index (χ0v) is 10.2. The summed E-state index contributed by atoms with van der Waals surface area (Å²) in [7, 11) is 0. The van der Waals surface area contributed by atoms with Gasteiger partial charge < -0.3 is 4.74 Å². The molecular weight excluding hydrogens is 255 g/mol. The van der Waals surface area contributed by atoms with Crippen LogP contribution in [0.4, 0.5) is 4.39 Å². The van der Waals surface area contributed by atoms with Gasteiger partial charge in [0, 0.05) is 16.7 Å². The molecule has 92 valence electrons. The summed E-state index contributed by atoms with van der Waals surface area (Å²) in [5.74, 6) is 0.0785. The number of aldehydes is 1. The molecular formula is C14H10ClFO2. The minimum Gasteiger partial charge on any atom is -0.489 e. The SMILES string of the molecule is O=Cc1cc(Cl)cc(COc2cccc(F)c2)c1. The summed E-state index contributed by atoms with van der Waals surface area (Å²) in [6.07, 6.45) is 0.720. The molecule has 2 aromatic rings. The molecule has 0 aromatic heterocycles. The van der Waals surface area contributed by atoms with Crippen LogP contribution in [0.1, 0.15) is 15.9 Å². The number of halogens is 2. The highest BCUT2D eigenvalue weighted by Crippen LogP contribution is 2.17. The van der Waals surface area contributed by atoms with E-state index >= 15 is 0 Å². The molecule has 0 aliphatic carbocycles. The Morgan fingerprint density at radius 3 is 2.78 bits per heavy atom. The van der Waals surface area contributed by atoms with Crippen LogP contribution in [0.3, 0.4) is 0 Å². The Morgan fingerprint density at radius 2 is 2.06 bits per heavy atom. The molecule has 0 amide bonds. The highest BCUT2D eigenvalue weighted by Gasteiger charge is 2.01. The molecule has 18 heavy (non-hydrogen) atoms. The van der Waals surface area contributed by atoms with Crippen molar-refractivity contribution in [3.63, 3.8) is 0 Å². The van der Waals surface area contributed by atoms with Gasteiger partial charge >= 0.3 is 0 Å². The molecule has 4 heteroatoms. The van der Waals surface area contributed by atoms with Crippen LogP contribution in [0.2, 0.25) is 5.02 Å². The Labute approximate surface area is 109 Å². The van der Waals surface area contributed by atoms with Gasteiger partial charge in [-0.1, -0.05) is 17.7 Å². The Morgan fingerprint density at radius 1 is 1.22 bits per heavy atom. The predicted molar refractivity (Wildman–Crippen MR) is 67.6 cm³/mol. The zero-order chi connectivity index (χ0) is 13.0. The van der Waals surface area contributed by atoms with E-state index in [1.54, 1.807) is 30.3 Å². The number of carbonyl (C=O) groups is 1. The van der Waals surface area contributed by atoms with Crippen molar-refractivity contribution >= 4 is 17.9 Å². The Kier molecular flexibility index (Phi) is 3.95. The molecule has 2 aromatic carbocycles.